The van der Waals surface area contributed by atoms with Gasteiger partial charge in [0, 0.05) is 23.2 Å². The third kappa shape index (κ3) is 5.59. The smallest absolute Gasteiger partial charge is 0.165 e. The van der Waals surface area contributed by atoms with Crippen LogP contribution in [0.5, 0.6) is 11.5 Å². The monoisotopic (exact) mass is 299 g/mol. The first kappa shape index (κ1) is 17.1. The van der Waals surface area contributed by atoms with Crippen LogP contribution >= 0.6 is 11.6 Å². The molecule has 0 spiro atoms. The van der Waals surface area contributed by atoms with E-state index in [9.17, 15) is 0 Å². The van der Waals surface area contributed by atoms with E-state index in [0.717, 1.165) is 30.8 Å². The average Bonchev–Trinajstić information content (AvgIpc) is 2.41. The average molecular weight is 300 g/mol. The number of halogens is 1. The molecule has 20 heavy (non-hydrogen) atoms. The quantitative estimate of drug-likeness (QED) is 0.691. The first-order valence-electron chi connectivity index (χ1n) is 7.28. The van der Waals surface area contributed by atoms with E-state index >= 15 is 0 Å². The lowest BCUT2D eigenvalue weighted by Crippen LogP contribution is -2.13. The number of ether oxygens (including phenoxy) is 2. The summed E-state index contributed by atoms with van der Waals surface area (Å²) in [6, 6.07) is 3.74. The fraction of sp³-hybridized carbons (Fsp3) is 0.625. The Labute approximate surface area is 127 Å². The Balaban J connectivity index is 2.78. The second kappa shape index (κ2) is 9.09. The summed E-state index contributed by atoms with van der Waals surface area (Å²) in [4.78, 5) is 0. The Morgan fingerprint density at radius 3 is 2.65 bits per heavy atom. The van der Waals surface area contributed by atoms with Gasteiger partial charge in [0.2, 0.25) is 0 Å². The zero-order valence-electron chi connectivity index (χ0n) is 13.0. The van der Waals surface area contributed by atoms with Gasteiger partial charge in [0.05, 0.1) is 13.7 Å². The second-order valence-corrected chi connectivity index (χ2v) is 5.70. The van der Waals surface area contributed by atoms with Crippen LogP contribution in [0.4, 0.5) is 0 Å². The zero-order chi connectivity index (χ0) is 15.0. The fourth-order valence-corrected chi connectivity index (χ4v) is 2.23. The molecule has 0 amide bonds. The molecule has 114 valence electrons. The molecule has 0 heterocycles. The van der Waals surface area contributed by atoms with Crippen molar-refractivity contribution in [2.45, 2.75) is 40.2 Å². The second-order valence-electron chi connectivity index (χ2n) is 5.26. The van der Waals surface area contributed by atoms with Crippen LogP contribution in [0.15, 0.2) is 12.1 Å². The molecule has 0 aliphatic carbocycles. The van der Waals surface area contributed by atoms with E-state index < -0.39 is 0 Å². The van der Waals surface area contributed by atoms with Gasteiger partial charge < -0.3 is 14.8 Å². The number of rotatable bonds is 9. The third-order valence-corrected chi connectivity index (χ3v) is 3.27. The molecule has 0 fully saturated rings. The molecular formula is C16H26ClNO2. The zero-order valence-corrected chi connectivity index (χ0v) is 13.7. The van der Waals surface area contributed by atoms with Gasteiger partial charge in [-0.25, -0.2) is 0 Å². The van der Waals surface area contributed by atoms with Crippen LogP contribution in [-0.4, -0.2) is 20.3 Å². The van der Waals surface area contributed by atoms with E-state index in [1.807, 2.05) is 6.07 Å². The number of hydrogen-bond donors (Lipinski definition) is 1. The van der Waals surface area contributed by atoms with E-state index in [4.69, 9.17) is 21.1 Å². The molecule has 4 heteroatoms. The van der Waals surface area contributed by atoms with Crippen molar-refractivity contribution in [3.63, 3.8) is 0 Å². The molecule has 0 aromatic heterocycles. The maximum absolute atomic E-state index is 6.12. The molecule has 0 radical (unpaired) electrons. The first-order chi connectivity index (χ1) is 9.58. The molecule has 0 aliphatic rings. The number of hydrogen-bond acceptors (Lipinski definition) is 3. The maximum Gasteiger partial charge on any atom is 0.165 e. The molecule has 0 saturated heterocycles. The van der Waals surface area contributed by atoms with Crippen LogP contribution in [-0.2, 0) is 6.54 Å². The highest BCUT2D eigenvalue weighted by Gasteiger charge is 2.12. The van der Waals surface area contributed by atoms with Crippen molar-refractivity contribution in [2.75, 3.05) is 20.3 Å². The van der Waals surface area contributed by atoms with Gasteiger partial charge in [-0.2, -0.15) is 0 Å². The number of nitrogens with one attached hydrogen (secondary N) is 1. The minimum Gasteiger partial charge on any atom is -0.493 e. The molecule has 1 aromatic rings. The maximum atomic E-state index is 6.12. The van der Waals surface area contributed by atoms with Gasteiger partial charge >= 0.3 is 0 Å². The van der Waals surface area contributed by atoms with E-state index in [-0.39, 0.29) is 0 Å². The van der Waals surface area contributed by atoms with Gasteiger partial charge in [-0.1, -0.05) is 32.4 Å². The number of benzene rings is 1. The highest BCUT2D eigenvalue weighted by atomic mass is 35.5. The van der Waals surface area contributed by atoms with E-state index in [1.165, 1.54) is 6.42 Å². The third-order valence-electron chi connectivity index (χ3n) is 3.05. The summed E-state index contributed by atoms with van der Waals surface area (Å²) in [6.45, 7) is 8.85. The lowest BCUT2D eigenvalue weighted by molar-refractivity contribution is 0.276. The van der Waals surface area contributed by atoms with Gasteiger partial charge in [0.15, 0.2) is 11.5 Å². The predicted molar refractivity (Wildman–Crippen MR) is 85.0 cm³/mol. The molecule has 0 bridgehead atoms. The highest BCUT2D eigenvalue weighted by molar-refractivity contribution is 6.30. The normalized spacial score (nSPS) is 10.9. The Kier molecular flexibility index (Phi) is 7.78. The van der Waals surface area contributed by atoms with Crippen molar-refractivity contribution in [1.82, 2.24) is 5.32 Å². The topological polar surface area (TPSA) is 30.5 Å². The molecule has 3 nitrogen and oxygen atoms in total. The van der Waals surface area contributed by atoms with Crippen LogP contribution in [0.25, 0.3) is 0 Å². The van der Waals surface area contributed by atoms with Crippen molar-refractivity contribution in [3.05, 3.63) is 22.7 Å². The molecule has 0 atom stereocenters. The van der Waals surface area contributed by atoms with Crippen LogP contribution < -0.4 is 14.8 Å². The molecule has 1 rings (SSSR count). The minimum absolute atomic E-state index is 0.671. The standard InChI is InChI=1S/C16H26ClNO2/c1-5-18-11-13-9-14(17)10-15(19-4)16(13)20-8-6-7-12(2)3/h9-10,12,18H,5-8,11H2,1-4H3. The molecule has 0 saturated carbocycles. The summed E-state index contributed by atoms with van der Waals surface area (Å²) in [7, 11) is 1.64. The van der Waals surface area contributed by atoms with Crippen molar-refractivity contribution in [3.8, 4) is 11.5 Å². The highest BCUT2D eigenvalue weighted by Crippen LogP contribution is 2.35. The SMILES string of the molecule is CCNCc1cc(Cl)cc(OC)c1OCCCC(C)C. The Morgan fingerprint density at radius 2 is 2.05 bits per heavy atom. The van der Waals surface area contributed by atoms with E-state index in [0.29, 0.717) is 23.3 Å². The minimum atomic E-state index is 0.671. The van der Waals surface area contributed by atoms with Crippen LogP contribution in [0.1, 0.15) is 39.2 Å². The molecule has 1 aromatic carbocycles. The largest absolute Gasteiger partial charge is 0.493 e. The summed E-state index contributed by atoms with van der Waals surface area (Å²) in [5, 5.41) is 3.97. The molecular weight excluding hydrogens is 274 g/mol. The van der Waals surface area contributed by atoms with Gasteiger partial charge in [-0.05, 0) is 31.4 Å². The lowest BCUT2D eigenvalue weighted by Gasteiger charge is -2.16. The van der Waals surface area contributed by atoms with E-state index in [2.05, 4.69) is 26.1 Å². The summed E-state index contributed by atoms with van der Waals surface area (Å²) >= 11 is 6.12. The Morgan fingerprint density at radius 1 is 1.30 bits per heavy atom. The van der Waals surface area contributed by atoms with Gasteiger partial charge in [-0.15, -0.1) is 0 Å². The summed E-state index contributed by atoms with van der Waals surface area (Å²) < 4.78 is 11.3. The van der Waals surface area contributed by atoms with Gasteiger partial charge in [0.25, 0.3) is 0 Å². The lowest BCUT2D eigenvalue weighted by atomic mass is 10.1. The van der Waals surface area contributed by atoms with Crippen molar-refractivity contribution >= 4 is 11.6 Å². The predicted octanol–water partition coefficient (Wildman–Crippen LogP) is 4.27. The van der Waals surface area contributed by atoms with Crippen molar-refractivity contribution in [1.29, 1.82) is 0 Å². The van der Waals surface area contributed by atoms with Crippen molar-refractivity contribution in [2.24, 2.45) is 5.92 Å². The van der Waals surface area contributed by atoms with Crippen LogP contribution in [0.3, 0.4) is 0 Å². The van der Waals surface area contributed by atoms with Gasteiger partial charge in [0.1, 0.15) is 0 Å². The van der Waals surface area contributed by atoms with Crippen LogP contribution in [0.2, 0.25) is 5.02 Å². The Hall–Kier alpha value is -0.930. The van der Waals surface area contributed by atoms with Gasteiger partial charge in [-0.3, -0.25) is 0 Å². The van der Waals surface area contributed by atoms with Crippen molar-refractivity contribution < 1.29 is 9.47 Å². The van der Waals surface area contributed by atoms with Crippen LogP contribution in [0, 0.1) is 5.92 Å². The summed E-state index contributed by atoms with van der Waals surface area (Å²) in [6.07, 6.45) is 2.21. The van der Waals surface area contributed by atoms with E-state index in [1.54, 1.807) is 13.2 Å². The summed E-state index contributed by atoms with van der Waals surface area (Å²) in [5.74, 6) is 2.21. The first-order valence-corrected chi connectivity index (χ1v) is 7.66. The molecule has 1 N–H and O–H groups in total. The summed E-state index contributed by atoms with van der Waals surface area (Å²) in [5.41, 5.74) is 1.04. The number of methoxy groups -OCH3 is 1. The molecule has 0 unspecified atom stereocenters. The fourth-order valence-electron chi connectivity index (χ4n) is 1.99. The Bertz CT molecular complexity index is 408. The molecule has 0 aliphatic heterocycles.